The van der Waals surface area contributed by atoms with E-state index in [0.29, 0.717) is 17.1 Å². The summed E-state index contributed by atoms with van der Waals surface area (Å²) in [5.74, 6) is -0.572. The molecule has 1 aliphatic heterocycles. The molecule has 3 rings (SSSR count). The van der Waals surface area contributed by atoms with Crippen molar-refractivity contribution < 1.29 is 19.1 Å². The van der Waals surface area contributed by atoms with E-state index >= 15 is 0 Å². The molecule has 25 heavy (non-hydrogen) atoms. The van der Waals surface area contributed by atoms with Gasteiger partial charge in [0.1, 0.15) is 17.1 Å². The molecule has 2 N–H and O–H groups in total. The van der Waals surface area contributed by atoms with Crippen molar-refractivity contribution in [3.8, 4) is 0 Å². The molecule has 0 saturated heterocycles. The molecule has 0 fully saturated rings. The van der Waals surface area contributed by atoms with Gasteiger partial charge in [0.25, 0.3) is 5.91 Å². The van der Waals surface area contributed by atoms with Gasteiger partial charge in [-0.25, -0.2) is 4.79 Å². The minimum atomic E-state index is -1.05. The lowest BCUT2D eigenvalue weighted by atomic mass is 10.2. The molecule has 7 nitrogen and oxygen atoms in total. The van der Waals surface area contributed by atoms with Crippen LogP contribution in [-0.2, 0) is 6.54 Å². The largest absolute Gasteiger partial charge is 0.478 e. The van der Waals surface area contributed by atoms with Crippen molar-refractivity contribution in [2.45, 2.75) is 26.8 Å². The van der Waals surface area contributed by atoms with Crippen LogP contribution >= 0.6 is 0 Å². The molecule has 0 saturated carbocycles. The molecule has 0 bridgehead atoms. The summed E-state index contributed by atoms with van der Waals surface area (Å²) in [5, 5.41) is 18.1. The van der Waals surface area contributed by atoms with E-state index < -0.39 is 5.97 Å². The maximum absolute atomic E-state index is 12.2. The molecular formula is C18H19N3O4. The second-order valence-electron chi connectivity index (χ2n) is 5.93. The van der Waals surface area contributed by atoms with Crippen LogP contribution < -0.4 is 10.3 Å². The van der Waals surface area contributed by atoms with Gasteiger partial charge < -0.3 is 14.8 Å². The summed E-state index contributed by atoms with van der Waals surface area (Å²) in [5.41, 5.74) is 2.66. The van der Waals surface area contributed by atoms with Crippen molar-refractivity contribution in [2.75, 3.05) is 11.6 Å². The number of hydrazone groups is 1. The molecule has 0 atom stereocenters. The second kappa shape index (κ2) is 6.80. The van der Waals surface area contributed by atoms with Gasteiger partial charge in [-0.1, -0.05) is 0 Å². The third kappa shape index (κ3) is 3.71. The van der Waals surface area contributed by atoms with Gasteiger partial charge in [0, 0.05) is 24.2 Å². The summed E-state index contributed by atoms with van der Waals surface area (Å²) >= 11 is 0. The van der Waals surface area contributed by atoms with Crippen molar-refractivity contribution in [2.24, 2.45) is 5.10 Å². The number of aryl methyl sites for hydroxylation is 1. The number of anilines is 1. The number of rotatable bonds is 5. The number of nitrogens with zero attached hydrogens (tertiary/aromatic N) is 2. The van der Waals surface area contributed by atoms with E-state index in [9.17, 15) is 9.59 Å². The molecule has 1 aromatic heterocycles. The molecule has 0 spiro atoms. The summed E-state index contributed by atoms with van der Waals surface area (Å²) in [6.45, 7) is 4.55. The Labute approximate surface area is 144 Å². The van der Waals surface area contributed by atoms with Crippen LogP contribution in [0, 0.1) is 6.92 Å². The molecule has 0 radical (unpaired) electrons. The van der Waals surface area contributed by atoms with Gasteiger partial charge in [0.05, 0.1) is 12.2 Å². The first kappa shape index (κ1) is 16.8. The Morgan fingerprint density at radius 3 is 2.56 bits per heavy atom. The standard InChI is InChI=1S/C18H19N3O4/c1-11-7-8-21(20-11)14-5-3-13(4-6-14)17(22)19-10-15-9-16(18(23)24)12(2)25-15/h3-6,9H,7-8,10H2,1-2H3,(H,19,22)(H,23,24). The third-order valence-corrected chi connectivity index (χ3v) is 4.03. The Hall–Kier alpha value is -3.09. The van der Waals surface area contributed by atoms with Gasteiger partial charge >= 0.3 is 5.97 Å². The predicted molar refractivity (Wildman–Crippen MR) is 93.1 cm³/mol. The summed E-state index contributed by atoms with van der Waals surface area (Å²) < 4.78 is 5.34. The number of amides is 1. The van der Waals surface area contributed by atoms with E-state index in [2.05, 4.69) is 10.4 Å². The average Bonchev–Trinajstić information content (AvgIpc) is 3.18. The molecule has 130 valence electrons. The highest BCUT2D eigenvalue weighted by molar-refractivity contribution is 5.94. The molecular weight excluding hydrogens is 322 g/mol. The molecule has 1 amide bonds. The summed E-state index contributed by atoms with van der Waals surface area (Å²) in [4.78, 5) is 23.2. The minimum absolute atomic E-state index is 0.107. The molecule has 0 unspecified atom stereocenters. The maximum Gasteiger partial charge on any atom is 0.339 e. The molecule has 1 aromatic carbocycles. The number of furan rings is 1. The monoisotopic (exact) mass is 341 g/mol. The Balaban J connectivity index is 1.61. The smallest absolute Gasteiger partial charge is 0.339 e. The Bertz CT molecular complexity index is 837. The number of hydrogen-bond acceptors (Lipinski definition) is 5. The number of benzene rings is 1. The van der Waals surface area contributed by atoms with Crippen LogP contribution in [0.2, 0.25) is 0 Å². The molecule has 0 aliphatic carbocycles. The van der Waals surface area contributed by atoms with Crippen molar-refractivity contribution >= 4 is 23.3 Å². The van der Waals surface area contributed by atoms with Crippen molar-refractivity contribution in [1.29, 1.82) is 0 Å². The van der Waals surface area contributed by atoms with E-state index in [4.69, 9.17) is 9.52 Å². The fourth-order valence-electron chi connectivity index (χ4n) is 2.66. The molecule has 7 heteroatoms. The highest BCUT2D eigenvalue weighted by Crippen LogP contribution is 2.20. The lowest BCUT2D eigenvalue weighted by Crippen LogP contribution is -2.22. The lowest BCUT2D eigenvalue weighted by molar-refractivity contribution is 0.0694. The van der Waals surface area contributed by atoms with Gasteiger partial charge in [-0.2, -0.15) is 5.10 Å². The third-order valence-electron chi connectivity index (χ3n) is 4.03. The highest BCUT2D eigenvalue weighted by atomic mass is 16.4. The van der Waals surface area contributed by atoms with E-state index in [-0.39, 0.29) is 18.0 Å². The number of nitrogens with one attached hydrogen (secondary N) is 1. The maximum atomic E-state index is 12.2. The van der Waals surface area contributed by atoms with Crippen LogP contribution in [0.5, 0.6) is 0 Å². The molecule has 2 heterocycles. The normalized spacial score (nSPS) is 13.7. The Morgan fingerprint density at radius 1 is 1.28 bits per heavy atom. The van der Waals surface area contributed by atoms with Crippen LogP contribution in [0.4, 0.5) is 5.69 Å². The predicted octanol–water partition coefficient (Wildman–Crippen LogP) is 2.80. The number of hydrogen-bond donors (Lipinski definition) is 2. The fourth-order valence-corrected chi connectivity index (χ4v) is 2.66. The molecule has 2 aromatic rings. The number of carbonyl (C=O) groups excluding carboxylic acids is 1. The quantitative estimate of drug-likeness (QED) is 0.872. The first-order valence-corrected chi connectivity index (χ1v) is 7.96. The number of carboxylic acid groups (broad SMARTS) is 1. The van der Waals surface area contributed by atoms with E-state index in [1.54, 1.807) is 19.1 Å². The number of carbonyl (C=O) groups is 2. The van der Waals surface area contributed by atoms with Crippen LogP contribution in [0.3, 0.4) is 0 Å². The van der Waals surface area contributed by atoms with E-state index in [1.165, 1.54) is 6.07 Å². The number of carboxylic acids is 1. The fraction of sp³-hybridized carbons (Fsp3) is 0.278. The SMILES string of the molecule is CC1=NN(c2ccc(C(=O)NCc3cc(C(=O)O)c(C)o3)cc2)CC1. The summed E-state index contributed by atoms with van der Waals surface area (Å²) in [6.07, 6.45) is 0.948. The number of aromatic carboxylic acids is 1. The minimum Gasteiger partial charge on any atom is -0.478 e. The first-order valence-electron chi connectivity index (χ1n) is 7.96. The zero-order valence-electron chi connectivity index (χ0n) is 14.1. The van der Waals surface area contributed by atoms with Gasteiger partial charge in [0.15, 0.2) is 0 Å². The van der Waals surface area contributed by atoms with Crippen molar-refractivity contribution in [3.63, 3.8) is 0 Å². The first-order chi connectivity index (χ1) is 11.9. The average molecular weight is 341 g/mol. The topological polar surface area (TPSA) is 95.1 Å². The Kier molecular flexibility index (Phi) is 4.56. The summed E-state index contributed by atoms with van der Waals surface area (Å²) in [7, 11) is 0. The van der Waals surface area contributed by atoms with E-state index in [0.717, 1.165) is 24.4 Å². The highest BCUT2D eigenvalue weighted by Gasteiger charge is 2.16. The van der Waals surface area contributed by atoms with Gasteiger partial charge in [-0.3, -0.25) is 9.80 Å². The summed E-state index contributed by atoms with van der Waals surface area (Å²) in [6, 6.07) is 8.62. The van der Waals surface area contributed by atoms with Crippen molar-refractivity contribution in [1.82, 2.24) is 5.32 Å². The molecule has 1 aliphatic rings. The van der Waals surface area contributed by atoms with Crippen LogP contribution in [0.25, 0.3) is 0 Å². The van der Waals surface area contributed by atoms with Gasteiger partial charge in [0.2, 0.25) is 0 Å². The zero-order chi connectivity index (χ0) is 18.0. The van der Waals surface area contributed by atoms with Crippen LogP contribution in [-0.4, -0.2) is 29.2 Å². The van der Waals surface area contributed by atoms with E-state index in [1.807, 2.05) is 24.1 Å². The second-order valence-corrected chi connectivity index (χ2v) is 5.93. The van der Waals surface area contributed by atoms with Crippen LogP contribution in [0.1, 0.15) is 45.6 Å². The van der Waals surface area contributed by atoms with Gasteiger partial charge in [-0.15, -0.1) is 0 Å². The van der Waals surface area contributed by atoms with Gasteiger partial charge in [-0.05, 0) is 44.2 Å². The zero-order valence-corrected chi connectivity index (χ0v) is 14.1. The van der Waals surface area contributed by atoms with Crippen LogP contribution in [0.15, 0.2) is 39.9 Å². The Morgan fingerprint density at radius 2 is 2.00 bits per heavy atom. The lowest BCUT2D eigenvalue weighted by Gasteiger charge is -2.13. The van der Waals surface area contributed by atoms with Crippen molar-refractivity contribution in [3.05, 3.63) is 53.0 Å².